The smallest absolute Gasteiger partial charge is 0.336 e. The normalized spacial score (nSPS) is 10.6. The summed E-state index contributed by atoms with van der Waals surface area (Å²) in [4.78, 5) is 13.9. The van der Waals surface area contributed by atoms with Crippen molar-refractivity contribution in [1.82, 2.24) is 4.90 Å². The van der Waals surface area contributed by atoms with Crippen molar-refractivity contribution in [2.45, 2.75) is 4.90 Å². The summed E-state index contributed by atoms with van der Waals surface area (Å²) in [7, 11) is 5.55. The van der Waals surface area contributed by atoms with Crippen LogP contribution in [-0.4, -0.2) is 49.5 Å². The molecule has 0 aromatic heterocycles. The zero-order valence-corrected chi connectivity index (χ0v) is 11.1. The van der Waals surface area contributed by atoms with Crippen LogP contribution in [0, 0.1) is 0 Å². The Labute approximate surface area is 106 Å². The molecule has 0 bridgehead atoms. The number of benzene rings is 1. The number of methoxy groups -OCH3 is 1. The first-order chi connectivity index (χ1) is 8.04. The molecule has 17 heavy (non-hydrogen) atoms. The molecule has 0 spiro atoms. The molecule has 0 unspecified atom stereocenters. The quantitative estimate of drug-likeness (QED) is 0.788. The first-order valence-corrected chi connectivity index (χ1v) is 6.22. The Kier molecular flexibility index (Phi) is 5.31. The summed E-state index contributed by atoms with van der Waals surface area (Å²) >= 11 is 1.53. The molecule has 1 aromatic rings. The van der Waals surface area contributed by atoms with E-state index in [9.17, 15) is 4.79 Å². The molecule has 1 aromatic carbocycles. The number of rotatable bonds is 6. The average Bonchev–Trinajstić information content (AvgIpc) is 2.28. The Hall–Kier alpha value is -1.20. The summed E-state index contributed by atoms with van der Waals surface area (Å²) in [6.45, 7) is 0.904. The van der Waals surface area contributed by atoms with Crippen LogP contribution in [0.1, 0.15) is 10.4 Å². The van der Waals surface area contributed by atoms with Crippen LogP contribution < -0.4 is 4.74 Å². The van der Waals surface area contributed by atoms with E-state index in [1.165, 1.54) is 11.8 Å². The van der Waals surface area contributed by atoms with Crippen LogP contribution in [0.4, 0.5) is 0 Å². The van der Waals surface area contributed by atoms with Gasteiger partial charge in [-0.2, -0.15) is 0 Å². The Bertz CT molecular complexity index is 393. The average molecular weight is 255 g/mol. The number of hydrogen-bond donors (Lipinski definition) is 1. The van der Waals surface area contributed by atoms with Crippen LogP contribution in [0.5, 0.6) is 5.75 Å². The van der Waals surface area contributed by atoms with Crippen molar-refractivity contribution < 1.29 is 14.6 Å². The molecule has 0 fully saturated rings. The summed E-state index contributed by atoms with van der Waals surface area (Å²) in [5.41, 5.74) is 0.328. The van der Waals surface area contributed by atoms with E-state index in [4.69, 9.17) is 9.84 Å². The molecule has 0 aliphatic rings. The van der Waals surface area contributed by atoms with Gasteiger partial charge in [-0.3, -0.25) is 0 Å². The summed E-state index contributed by atoms with van der Waals surface area (Å²) in [5, 5.41) is 9.07. The summed E-state index contributed by atoms with van der Waals surface area (Å²) < 4.78 is 5.10. The SMILES string of the molecule is COc1ccc(C(=O)O)c(SCCN(C)C)c1. The number of carbonyl (C=O) groups is 1. The maximum absolute atomic E-state index is 11.1. The van der Waals surface area contributed by atoms with Crippen molar-refractivity contribution in [2.75, 3.05) is 33.5 Å². The molecule has 0 radical (unpaired) electrons. The minimum absolute atomic E-state index is 0.328. The maximum atomic E-state index is 11.1. The number of carboxylic acids is 1. The highest BCUT2D eigenvalue weighted by atomic mass is 32.2. The standard InChI is InChI=1S/C12H17NO3S/c1-13(2)6-7-17-11-8-9(16-3)4-5-10(11)12(14)15/h4-5,8H,6-7H2,1-3H3,(H,14,15). The minimum atomic E-state index is -0.903. The highest BCUT2D eigenvalue weighted by Crippen LogP contribution is 2.27. The molecule has 1 rings (SSSR count). The zero-order chi connectivity index (χ0) is 12.8. The monoisotopic (exact) mass is 255 g/mol. The summed E-state index contributed by atoms with van der Waals surface area (Å²) in [5.74, 6) is 0.628. The van der Waals surface area contributed by atoms with Crippen LogP contribution in [0.3, 0.4) is 0 Å². The third-order valence-electron chi connectivity index (χ3n) is 2.22. The molecule has 0 aliphatic carbocycles. The van der Waals surface area contributed by atoms with Crippen molar-refractivity contribution in [1.29, 1.82) is 0 Å². The van der Waals surface area contributed by atoms with E-state index in [2.05, 4.69) is 4.90 Å². The van der Waals surface area contributed by atoms with Gasteiger partial charge in [0.2, 0.25) is 0 Å². The second kappa shape index (κ2) is 6.51. The molecule has 0 aliphatic heterocycles. The number of nitrogens with zero attached hydrogens (tertiary/aromatic N) is 1. The van der Waals surface area contributed by atoms with Gasteiger partial charge in [0.25, 0.3) is 0 Å². The second-order valence-electron chi connectivity index (χ2n) is 3.82. The molecule has 1 N–H and O–H groups in total. The number of thioether (sulfide) groups is 1. The molecule has 0 heterocycles. The van der Waals surface area contributed by atoms with Gasteiger partial charge in [-0.05, 0) is 32.3 Å². The van der Waals surface area contributed by atoms with Crippen molar-refractivity contribution >= 4 is 17.7 Å². The lowest BCUT2D eigenvalue weighted by atomic mass is 10.2. The Morgan fingerprint density at radius 3 is 2.71 bits per heavy atom. The number of hydrogen-bond acceptors (Lipinski definition) is 4. The Morgan fingerprint density at radius 1 is 1.47 bits per heavy atom. The third kappa shape index (κ3) is 4.28. The molecular weight excluding hydrogens is 238 g/mol. The molecule has 0 saturated heterocycles. The van der Waals surface area contributed by atoms with Crippen molar-refractivity contribution in [3.63, 3.8) is 0 Å². The van der Waals surface area contributed by atoms with E-state index in [1.807, 2.05) is 14.1 Å². The van der Waals surface area contributed by atoms with Gasteiger partial charge in [0.15, 0.2) is 0 Å². The highest BCUT2D eigenvalue weighted by Gasteiger charge is 2.11. The van der Waals surface area contributed by atoms with Crippen LogP contribution >= 0.6 is 11.8 Å². The summed E-state index contributed by atoms with van der Waals surface area (Å²) in [6, 6.07) is 5.02. The van der Waals surface area contributed by atoms with E-state index in [1.54, 1.807) is 25.3 Å². The van der Waals surface area contributed by atoms with E-state index < -0.39 is 5.97 Å². The first-order valence-electron chi connectivity index (χ1n) is 5.23. The minimum Gasteiger partial charge on any atom is -0.497 e. The third-order valence-corrected chi connectivity index (χ3v) is 3.25. The number of aromatic carboxylic acids is 1. The van der Waals surface area contributed by atoms with Crippen molar-refractivity contribution in [2.24, 2.45) is 0 Å². The van der Waals surface area contributed by atoms with Crippen molar-refractivity contribution in [3.05, 3.63) is 23.8 Å². The fourth-order valence-electron chi connectivity index (χ4n) is 1.26. The fraction of sp³-hybridized carbons (Fsp3) is 0.417. The van der Waals surface area contributed by atoms with Gasteiger partial charge in [0.1, 0.15) is 5.75 Å². The van der Waals surface area contributed by atoms with Crippen LogP contribution in [0.15, 0.2) is 23.1 Å². The molecule has 0 saturated carbocycles. The van der Waals surface area contributed by atoms with Gasteiger partial charge in [0.05, 0.1) is 12.7 Å². The topological polar surface area (TPSA) is 49.8 Å². The molecule has 4 nitrogen and oxygen atoms in total. The van der Waals surface area contributed by atoms with Gasteiger partial charge < -0.3 is 14.7 Å². The lowest BCUT2D eigenvalue weighted by Crippen LogP contribution is -2.15. The van der Waals surface area contributed by atoms with E-state index in [0.717, 1.165) is 17.2 Å². The lowest BCUT2D eigenvalue weighted by molar-refractivity contribution is 0.0693. The summed E-state index contributed by atoms with van der Waals surface area (Å²) in [6.07, 6.45) is 0. The van der Waals surface area contributed by atoms with Gasteiger partial charge in [-0.15, -0.1) is 11.8 Å². The molecule has 0 atom stereocenters. The van der Waals surface area contributed by atoms with Gasteiger partial charge >= 0.3 is 5.97 Å². The number of ether oxygens (including phenoxy) is 1. The van der Waals surface area contributed by atoms with Gasteiger partial charge in [-0.25, -0.2) is 4.79 Å². The number of carboxylic acid groups (broad SMARTS) is 1. The van der Waals surface area contributed by atoms with Crippen LogP contribution in [-0.2, 0) is 0 Å². The second-order valence-corrected chi connectivity index (χ2v) is 4.96. The van der Waals surface area contributed by atoms with E-state index in [0.29, 0.717) is 11.3 Å². The predicted octanol–water partition coefficient (Wildman–Crippen LogP) is 2.05. The molecule has 0 amide bonds. The van der Waals surface area contributed by atoms with Crippen LogP contribution in [0.2, 0.25) is 0 Å². The zero-order valence-electron chi connectivity index (χ0n) is 10.3. The highest BCUT2D eigenvalue weighted by molar-refractivity contribution is 7.99. The first kappa shape index (κ1) is 13.9. The maximum Gasteiger partial charge on any atom is 0.336 e. The van der Waals surface area contributed by atoms with Crippen molar-refractivity contribution in [3.8, 4) is 5.75 Å². The lowest BCUT2D eigenvalue weighted by Gasteiger charge is -2.11. The molecular formula is C12H17NO3S. The van der Waals surface area contributed by atoms with E-state index in [-0.39, 0.29) is 0 Å². The van der Waals surface area contributed by atoms with Gasteiger partial charge in [0, 0.05) is 17.2 Å². The Balaban J connectivity index is 2.82. The van der Waals surface area contributed by atoms with E-state index >= 15 is 0 Å². The largest absolute Gasteiger partial charge is 0.497 e. The Morgan fingerprint density at radius 2 is 2.18 bits per heavy atom. The fourth-order valence-corrected chi connectivity index (χ4v) is 2.45. The molecule has 94 valence electrons. The molecule has 5 heteroatoms. The predicted molar refractivity (Wildman–Crippen MR) is 69.2 cm³/mol. The van der Waals surface area contributed by atoms with Crippen LogP contribution in [0.25, 0.3) is 0 Å². The van der Waals surface area contributed by atoms with Gasteiger partial charge in [-0.1, -0.05) is 0 Å².